The normalized spacial score (nSPS) is 15.4. The molecule has 0 bridgehead atoms. The lowest BCUT2D eigenvalue weighted by atomic mass is 10.2. The molecule has 0 aliphatic carbocycles. The summed E-state index contributed by atoms with van der Waals surface area (Å²) in [6.07, 6.45) is 3.95. The summed E-state index contributed by atoms with van der Waals surface area (Å²) in [6.45, 7) is 2.52. The van der Waals surface area contributed by atoms with Gasteiger partial charge in [-0.15, -0.1) is 0 Å². The number of aromatic nitrogens is 2. The van der Waals surface area contributed by atoms with E-state index in [4.69, 9.17) is 17.0 Å². The van der Waals surface area contributed by atoms with Gasteiger partial charge in [0.25, 0.3) is 11.5 Å². The van der Waals surface area contributed by atoms with Gasteiger partial charge in [0.05, 0.1) is 4.91 Å². The Morgan fingerprint density at radius 1 is 1.20 bits per heavy atom. The molecule has 0 radical (unpaired) electrons. The lowest BCUT2D eigenvalue weighted by Gasteiger charge is -2.12. The Bertz CT molecular complexity index is 1240. The molecule has 1 aromatic carbocycles. The van der Waals surface area contributed by atoms with Crippen molar-refractivity contribution in [2.24, 2.45) is 0 Å². The Balaban J connectivity index is 1.84. The molecule has 1 saturated heterocycles. The van der Waals surface area contributed by atoms with Gasteiger partial charge in [0.2, 0.25) is 5.88 Å². The molecule has 1 fully saturated rings. The number of rotatable bonds is 5. The minimum absolute atomic E-state index is 0.134. The van der Waals surface area contributed by atoms with Crippen molar-refractivity contribution in [1.29, 1.82) is 0 Å². The van der Waals surface area contributed by atoms with Crippen LogP contribution in [-0.4, -0.2) is 31.1 Å². The number of carbonyl (C=O) groups is 1. The molecule has 0 unspecified atom stereocenters. The van der Waals surface area contributed by atoms with E-state index in [1.165, 1.54) is 22.2 Å². The molecule has 1 aliphatic rings. The van der Waals surface area contributed by atoms with Crippen LogP contribution in [-0.2, 0) is 4.79 Å². The summed E-state index contributed by atoms with van der Waals surface area (Å²) >= 11 is 9.89. The summed E-state index contributed by atoms with van der Waals surface area (Å²) in [5, 5.41) is 0. The third-order valence-corrected chi connectivity index (χ3v) is 6.26. The number of nitrogens with zero attached hydrogens (tertiary/aromatic N) is 3. The fourth-order valence-electron chi connectivity index (χ4n) is 2.95. The summed E-state index contributed by atoms with van der Waals surface area (Å²) in [5.41, 5.74) is 0.317. The average Bonchev–Trinajstić information content (AvgIpc) is 3.00. The van der Waals surface area contributed by atoms with Crippen molar-refractivity contribution < 1.29 is 9.53 Å². The lowest BCUT2D eigenvalue weighted by Crippen LogP contribution is -2.28. The first-order valence-electron chi connectivity index (χ1n) is 9.18. The van der Waals surface area contributed by atoms with E-state index in [1.54, 1.807) is 41.4 Å². The maximum absolute atomic E-state index is 13.2. The number of thiocarbonyl (C=S) groups is 1. The van der Waals surface area contributed by atoms with Crippen LogP contribution < -0.4 is 10.3 Å². The molecule has 1 amide bonds. The molecule has 2 aromatic heterocycles. The highest BCUT2D eigenvalue weighted by atomic mass is 79.9. The molecule has 3 aromatic rings. The standard InChI is InChI=1S/C21H16BrN3O3S2/c1-2-10-25-20(27)16(30-21(25)29)12-15-18(28-14-8-6-13(22)7-9-14)23-17-5-3-4-11-24(17)19(15)26/h3-9,11-12H,2,10H2,1H3/b16-12-. The number of thioether (sulfide) groups is 1. The van der Waals surface area contributed by atoms with Gasteiger partial charge in [-0.2, -0.15) is 4.98 Å². The fourth-order valence-corrected chi connectivity index (χ4v) is 4.50. The fraction of sp³-hybridized carbons (Fsp3) is 0.143. The molecule has 0 N–H and O–H groups in total. The second-order valence-electron chi connectivity index (χ2n) is 6.45. The molecule has 6 nitrogen and oxygen atoms in total. The Hall–Kier alpha value is -2.49. The highest BCUT2D eigenvalue weighted by Gasteiger charge is 2.32. The topological polar surface area (TPSA) is 63.9 Å². The zero-order valence-electron chi connectivity index (χ0n) is 15.9. The number of amides is 1. The number of benzene rings is 1. The number of ether oxygens (including phenoxy) is 1. The van der Waals surface area contributed by atoms with Crippen LogP contribution in [0.25, 0.3) is 11.7 Å². The van der Waals surface area contributed by atoms with Gasteiger partial charge in [0.1, 0.15) is 21.3 Å². The minimum Gasteiger partial charge on any atom is -0.438 e. The molecule has 152 valence electrons. The van der Waals surface area contributed by atoms with Crippen LogP contribution in [0.5, 0.6) is 11.6 Å². The number of fused-ring (bicyclic) bond motifs is 1. The van der Waals surface area contributed by atoms with Gasteiger partial charge >= 0.3 is 0 Å². The van der Waals surface area contributed by atoms with Crippen LogP contribution in [0.3, 0.4) is 0 Å². The Morgan fingerprint density at radius 3 is 2.70 bits per heavy atom. The molecule has 1 aliphatic heterocycles. The first-order chi connectivity index (χ1) is 14.5. The van der Waals surface area contributed by atoms with E-state index in [2.05, 4.69) is 20.9 Å². The van der Waals surface area contributed by atoms with Crippen molar-refractivity contribution in [3.8, 4) is 11.6 Å². The third kappa shape index (κ3) is 4.05. The molecule has 0 atom stereocenters. The Morgan fingerprint density at radius 2 is 1.97 bits per heavy atom. The molecule has 3 heterocycles. The van der Waals surface area contributed by atoms with Gasteiger partial charge in [-0.25, -0.2) is 0 Å². The largest absolute Gasteiger partial charge is 0.438 e. The highest BCUT2D eigenvalue weighted by Crippen LogP contribution is 2.34. The second-order valence-corrected chi connectivity index (χ2v) is 9.05. The zero-order chi connectivity index (χ0) is 21.3. The number of halogens is 1. The Kier molecular flexibility index (Phi) is 6.03. The van der Waals surface area contributed by atoms with Crippen LogP contribution >= 0.6 is 39.9 Å². The molecule has 30 heavy (non-hydrogen) atoms. The minimum atomic E-state index is -0.325. The van der Waals surface area contributed by atoms with Crippen LogP contribution in [0.2, 0.25) is 0 Å². The monoisotopic (exact) mass is 501 g/mol. The van der Waals surface area contributed by atoms with Crippen molar-refractivity contribution in [2.75, 3.05) is 6.54 Å². The van der Waals surface area contributed by atoms with E-state index in [0.29, 0.717) is 27.2 Å². The Labute approximate surface area is 190 Å². The lowest BCUT2D eigenvalue weighted by molar-refractivity contribution is -0.122. The number of hydrogen-bond acceptors (Lipinski definition) is 6. The molecule has 0 spiro atoms. The SMILES string of the molecule is CCCN1C(=O)/C(=C/c2c(Oc3ccc(Br)cc3)nc3ccccn3c2=O)SC1=S. The first kappa shape index (κ1) is 20.8. The molecular formula is C21H16BrN3O3S2. The van der Waals surface area contributed by atoms with Crippen molar-refractivity contribution in [3.05, 3.63) is 74.0 Å². The van der Waals surface area contributed by atoms with Crippen molar-refractivity contribution >= 4 is 61.9 Å². The van der Waals surface area contributed by atoms with Gasteiger partial charge in [0.15, 0.2) is 0 Å². The van der Waals surface area contributed by atoms with Crippen molar-refractivity contribution in [2.45, 2.75) is 13.3 Å². The summed E-state index contributed by atoms with van der Waals surface area (Å²) in [4.78, 5) is 32.4. The summed E-state index contributed by atoms with van der Waals surface area (Å²) in [5.74, 6) is 0.451. The quantitative estimate of drug-likeness (QED) is 0.367. The van der Waals surface area contributed by atoms with E-state index < -0.39 is 0 Å². The van der Waals surface area contributed by atoms with Crippen LogP contribution in [0, 0.1) is 0 Å². The van der Waals surface area contributed by atoms with E-state index in [-0.39, 0.29) is 22.9 Å². The third-order valence-electron chi connectivity index (χ3n) is 4.36. The smallest absolute Gasteiger partial charge is 0.269 e. The van der Waals surface area contributed by atoms with Gasteiger partial charge in [-0.05, 0) is 48.9 Å². The van der Waals surface area contributed by atoms with Crippen LogP contribution in [0.1, 0.15) is 18.9 Å². The molecular weight excluding hydrogens is 486 g/mol. The average molecular weight is 502 g/mol. The van der Waals surface area contributed by atoms with E-state index >= 15 is 0 Å². The van der Waals surface area contributed by atoms with E-state index in [9.17, 15) is 9.59 Å². The van der Waals surface area contributed by atoms with Crippen molar-refractivity contribution in [1.82, 2.24) is 14.3 Å². The first-order valence-corrected chi connectivity index (χ1v) is 11.2. The van der Waals surface area contributed by atoms with Gasteiger partial charge in [0, 0.05) is 17.2 Å². The predicted octanol–water partition coefficient (Wildman–Crippen LogP) is 4.86. The maximum Gasteiger partial charge on any atom is 0.269 e. The molecule has 9 heteroatoms. The molecule has 0 saturated carbocycles. The van der Waals surface area contributed by atoms with Gasteiger partial charge in [-0.3, -0.25) is 18.9 Å². The summed E-state index contributed by atoms with van der Waals surface area (Å²) in [7, 11) is 0. The van der Waals surface area contributed by atoms with Gasteiger partial charge < -0.3 is 4.74 Å². The van der Waals surface area contributed by atoms with Crippen molar-refractivity contribution in [3.63, 3.8) is 0 Å². The number of pyridine rings is 1. The van der Waals surface area contributed by atoms with Crippen LogP contribution in [0.4, 0.5) is 0 Å². The van der Waals surface area contributed by atoms with E-state index in [0.717, 1.165) is 10.9 Å². The number of hydrogen-bond donors (Lipinski definition) is 0. The highest BCUT2D eigenvalue weighted by molar-refractivity contribution is 9.10. The number of carbonyl (C=O) groups excluding carboxylic acids is 1. The van der Waals surface area contributed by atoms with Gasteiger partial charge in [-0.1, -0.05) is 52.9 Å². The van der Waals surface area contributed by atoms with Crippen LogP contribution in [0.15, 0.2) is 62.8 Å². The molecule has 4 rings (SSSR count). The predicted molar refractivity (Wildman–Crippen MR) is 126 cm³/mol. The zero-order valence-corrected chi connectivity index (χ0v) is 19.1. The van der Waals surface area contributed by atoms with E-state index in [1.807, 2.05) is 19.1 Å². The summed E-state index contributed by atoms with van der Waals surface area (Å²) in [6, 6.07) is 12.5. The summed E-state index contributed by atoms with van der Waals surface area (Å²) < 4.78 is 8.75. The second kappa shape index (κ2) is 8.71. The maximum atomic E-state index is 13.2.